The van der Waals surface area contributed by atoms with Crippen LogP contribution < -0.4 is 16.0 Å². The number of nitrogens with two attached hydrogens (primary N) is 1. The lowest BCUT2D eigenvalue weighted by Crippen LogP contribution is -2.37. The van der Waals surface area contributed by atoms with E-state index in [-0.39, 0.29) is 24.0 Å². The van der Waals surface area contributed by atoms with Crippen molar-refractivity contribution in [1.82, 2.24) is 5.32 Å². The Hall–Kier alpha value is -1.02. The van der Waals surface area contributed by atoms with Crippen molar-refractivity contribution in [3.05, 3.63) is 29.8 Å². The summed E-state index contributed by atoms with van der Waals surface area (Å²) in [7, 11) is 0. The van der Waals surface area contributed by atoms with Crippen molar-refractivity contribution < 1.29 is 4.74 Å². The molecule has 0 aromatic heterocycles. The van der Waals surface area contributed by atoms with Crippen LogP contribution in [-0.4, -0.2) is 38.8 Å². The number of benzene rings is 1. The monoisotopic (exact) mass is 430 g/mol. The quantitative estimate of drug-likeness (QED) is 0.428. The van der Waals surface area contributed by atoms with Crippen molar-refractivity contribution in [2.75, 3.05) is 37.7 Å². The number of para-hydroxylation sites is 1. The van der Waals surface area contributed by atoms with Gasteiger partial charge in [-0.25, -0.2) is 4.99 Å². The Morgan fingerprint density at radius 2 is 2.00 bits per heavy atom. The third-order valence-corrected chi connectivity index (χ3v) is 4.56. The molecular weight excluding hydrogens is 403 g/mol. The number of halogens is 1. The minimum absolute atomic E-state index is 0. The van der Waals surface area contributed by atoms with E-state index in [0.29, 0.717) is 12.5 Å². The maximum Gasteiger partial charge on any atom is 0.188 e. The lowest BCUT2D eigenvalue weighted by Gasteiger charge is -2.30. The average Bonchev–Trinajstić information content (AvgIpc) is 2.52. The van der Waals surface area contributed by atoms with Crippen LogP contribution in [0.15, 0.2) is 29.3 Å². The van der Waals surface area contributed by atoms with E-state index in [1.54, 1.807) is 0 Å². The van der Waals surface area contributed by atoms with Crippen molar-refractivity contribution in [2.24, 2.45) is 16.6 Å². The Balaban J connectivity index is 0.00000192. The van der Waals surface area contributed by atoms with Crippen LogP contribution in [0.3, 0.4) is 0 Å². The molecule has 0 bridgehead atoms. The molecular formula is C17H27IN4O. The van der Waals surface area contributed by atoms with Crippen LogP contribution in [0.2, 0.25) is 0 Å². The van der Waals surface area contributed by atoms with E-state index in [2.05, 4.69) is 39.5 Å². The van der Waals surface area contributed by atoms with Crippen molar-refractivity contribution in [3.63, 3.8) is 0 Å². The first kappa shape index (κ1) is 18.3. The number of nitrogens with one attached hydrogen (secondary N) is 1. The fraction of sp³-hybridized carbons (Fsp3) is 0.588. The highest BCUT2D eigenvalue weighted by atomic mass is 127. The van der Waals surface area contributed by atoms with Crippen LogP contribution in [0, 0.1) is 5.92 Å². The molecule has 1 aliphatic carbocycles. The van der Waals surface area contributed by atoms with Gasteiger partial charge in [0.15, 0.2) is 5.96 Å². The molecule has 1 aliphatic heterocycles. The summed E-state index contributed by atoms with van der Waals surface area (Å²) >= 11 is 0. The number of rotatable bonds is 5. The number of aliphatic imine (C=N–C) groups is 1. The van der Waals surface area contributed by atoms with Crippen LogP contribution in [0.4, 0.5) is 5.69 Å². The second kappa shape index (κ2) is 9.32. The van der Waals surface area contributed by atoms with Gasteiger partial charge in [0.1, 0.15) is 0 Å². The summed E-state index contributed by atoms with van der Waals surface area (Å²) in [5.41, 5.74) is 8.45. The highest BCUT2D eigenvalue weighted by Crippen LogP contribution is 2.25. The average molecular weight is 430 g/mol. The highest BCUT2D eigenvalue weighted by molar-refractivity contribution is 14.0. The van der Waals surface area contributed by atoms with Crippen LogP contribution in [-0.2, 0) is 11.3 Å². The maximum absolute atomic E-state index is 5.98. The van der Waals surface area contributed by atoms with E-state index in [1.807, 2.05) is 0 Å². The van der Waals surface area contributed by atoms with Gasteiger partial charge >= 0.3 is 0 Å². The number of guanidine groups is 1. The molecule has 1 aromatic carbocycles. The van der Waals surface area contributed by atoms with Crippen LogP contribution in [0.1, 0.15) is 24.8 Å². The fourth-order valence-corrected chi connectivity index (χ4v) is 2.93. The lowest BCUT2D eigenvalue weighted by atomic mass is 9.85. The molecule has 2 fully saturated rings. The molecule has 1 saturated carbocycles. The molecule has 1 aromatic rings. The van der Waals surface area contributed by atoms with Gasteiger partial charge in [0.25, 0.3) is 0 Å². The maximum atomic E-state index is 5.98. The van der Waals surface area contributed by atoms with Gasteiger partial charge in [-0.15, -0.1) is 24.0 Å². The number of morpholine rings is 1. The molecule has 5 nitrogen and oxygen atoms in total. The van der Waals surface area contributed by atoms with Gasteiger partial charge in [-0.2, -0.15) is 0 Å². The number of ether oxygens (including phenoxy) is 1. The van der Waals surface area contributed by atoms with Crippen LogP contribution >= 0.6 is 24.0 Å². The van der Waals surface area contributed by atoms with Gasteiger partial charge in [-0.3, -0.25) is 0 Å². The molecule has 1 saturated heterocycles. The number of hydrogen-bond acceptors (Lipinski definition) is 3. The number of nitrogens with zero attached hydrogens (tertiary/aromatic N) is 2. The van der Waals surface area contributed by atoms with Crippen molar-refractivity contribution >= 4 is 35.6 Å². The third kappa shape index (κ3) is 5.24. The van der Waals surface area contributed by atoms with Crippen molar-refractivity contribution in [1.29, 1.82) is 0 Å². The smallest absolute Gasteiger partial charge is 0.188 e. The predicted molar refractivity (Wildman–Crippen MR) is 106 cm³/mol. The molecule has 0 amide bonds. The van der Waals surface area contributed by atoms with Gasteiger partial charge in [0, 0.05) is 25.3 Å². The van der Waals surface area contributed by atoms with E-state index in [1.165, 1.54) is 30.5 Å². The molecule has 3 rings (SSSR count). The van der Waals surface area contributed by atoms with E-state index in [4.69, 9.17) is 10.5 Å². The van der Waals surface area contributed by atoms with E-state index in [9.17, 15) is 0 Å². The molecule has 128 valence electrons. The molecule has 0 spiro atoms. The topological polar surface area (TPSA) is 62.9 Å². The minimum Gasteiger partial charge on any atom is -0.378 e. The molecule has 3 N–H and O–H groups in total. The minimum atomic E-state index is 0. The largest absolute Gasteiger partial charge is 0.378 e. The Kier molecular flexibility index (Phi) is 7.42. The van der Waals surface area contributed by atoms with Gasteiger partial charge < -0.3 is 20.7 Å². The summed E-state index contributed by atoms with van der Waals surface area (Å²) < 4.78 is 5.43. The lowest BCUT2D eigenvalue weighted by molar-refractivity contribution is 0.122. The molecule has 23 heavy (non-hydrogen) atoms. The Morgan fingerprint density at radius 1 is 1.26 bits per heavy atom. The Morgan fingerprint density at radius 3 is 2.70 bits per heavy atom. The fourth-order valence-electron chi connectivity index (χ4n) is 2.93. The van der Waals surface area contributed by atoms with Gasteiger partial charge in [0.2, 0.25) is 0 Å². The van der Waals surface area contributed by atoms with Gasteiger partial charge in [-0.1, -0.05) is 24.6 Å². The summed E-state index contributed by atoms with van der Waals surface area (Å²) in [6.45, 7) is 5.05. The summed E-state index contributed by atoms with van der Waals surface area (Å²) in [5, 5.41) is 3.25. The first-order valence-corrected chi connectivity index (χ1v) is 8.27. The zero-order valence-electron chi connectivity index (χ0n) is 13.5. The van der Waals surface area contributed by atoms with E-state index in [0.717, 1.165) is 38.8 Å². The summed E-state index contributed by atoms with van der Waals surface area (Å²) in [5.74, 6) is 1.35. The predicted octanol–water partition coefficient (Wildman–Crippen LogP) is 2.35. The van der Waals surface area contributed by atoms with Gasteiger partial charge in [-0.05, 0) is 30.4 Å². The van der Waals surface area contributed by atoms with Crippen LogP contribution in [0.25, 0.3) is 0 Å². The Bertz CT molecular complexity index is 513. The second-order valence-corrected chi connectivity index (χ2v) is 6.11. The highest BCUT2D eigenvalue weighted by Gasteiger charge is 2.17. The first-order chi connectivity index (χ1) is 10.8. The molecule has 2 aliphatic rings. The summed E-state index contributed by atoms with van der Waals surface area (Å²) in [4.78, 5) is 6.87. The van der Waals surface area contributed by atoms with Gasteiger partial charge in [0.05, 0.1) is 19.8 Å². The van der Waals surface area contributed by atoms with E-state index < -0.39 is 0 Å². The molecule has 0 radical (unpaired) electrons. The third-order valence-electron chi connectivity index (χ3n) is 4.56. The Labute approximate surface area is 155 Å². The summed E-state index contributed by atoms with van der Waals surface area (Å²) in [6.07, 6.45) is 4.00. The normalized spacial score (nSPS) is 19.0. The summed E-state index contributed by atoms with van der Waals surface area (Å²) in [6, 6.07) is 8.44. The molecule has 6 heteroatoms. The van der Waals surface area contributed by atoms with Crippen LogP contribution in [0.5, 0.6) is 0 Å². The first-order valence-electron chi connectivity index (χ1n) is 8.27. The zero-order chi connectivity index (χ0) is 15.2. The molecule has 0 unspecified atom stereocenters. The number of hydrogen-bond donors (Lipinski definition) is 2. The van der Waals surface area contributed by atoms with Crippen molar-refractivity contribution in [2.45, 2.75) is 25.8 Å². The number of anilines is 1. The van der Waals surface area contributed by atoms with Crippen molar-refractivity contribution in [3.8, 4) is 0 Å². The molecule has 0 atom stereocenters. The van der Waals surface area contributed by atoms with E-state index >= 15 is 0 Å². The standard InChI is InChI=1S/C17H26N4O.HI/c18-17(19-12-14-4-3-5-14)20-13-15-6-1-2-7-16(15)21-8-10-22-11-9-21;/h1-2,6-7,14H,3-5,8-13H2,(H3,18,19,20);1H. The SMILES string of the molecule is I.NC(=NCc1ccccc1N1CCOCC1)NCC1CCC1. The zero-order valence-corrected chi connectivity index (χ0v) is 15.9. The second-order valence-electron chi connectivity index (χ2n) is 6.11. The molecule has 1 heterocycles.